The summed E-state index contributed by atoms with van der Waals surface area (Å²) in [7, 11) is 0. The van der Waals surface area contributed by atoms with Crippen molar-refractivity contribution >= 4 is 62.2 Å². The third-order valence-corrected chi connectivity index (χ3v) is 3.98. The first kappa shape index (κ1) is 14.9. The molecule has 0 spiro atoms. The lowest BCUT2D eigenvalue weighted by molar-refractivity contribution is 0.620. The molecule has 1 N–H and O–H groups in total. The van der Waals surface area contributed by atoms with Crippen molar-refractivity contribution in [3.05, 3.63) is 49.3 Å². The number of rotatable bonds is 2. The molecule has 1 aromatic heterocycles. The summed E-state index contributed by atoms with van der Waals surface area (Å²) in [6, 6.07) is 4.50. The maximum atomic E-state index is 13.3. The van der Waals surface area contributed by atoms with E-state index in [2.05, 4.69) is 26.2 Å². The van der Waals surface area contributed by atoms with Gasteiger partial charge in [-0.15, -0.1) is 0 Å². The molecule has 0 atom stereocenters. The summed E-state index contributed by atoms with van der Waals surface area (Å²) in [6.45, 7) is 1.77. The fourth-order valence-electron chi connectivity index (χ4n) is 1.44. The molecule has 0 saturated carbocycles. The molecule has 2 nitrogen and oxygen atoms in total. The van der Waals surface area contributed by atoms with Crippen LogP contribution in [0.4, 0.5) is 15.9 Å². The number of hydrogen-bond donors (Lipinski definition) is 1. The van der Waals surface area contributed by atoms with Crippen molar-refractivity contribution in [2.24, 2.45) is 0 Å². The number of benzene rings is 1. The molecular formula is C12H7BrCl3FN2. The van der Waals surface area contributed by atoms with E-state index in [0.717, 1.165) is 0 Å². The Kier molecular flexibility index (Phi) is 4.56. The monoisotopic (exact) mass is 382 g/mol. The molecule has 2 aromatic rings. The molecule has 0 aliphatic rings. The molecule has 1 aromatic carbocycles. The number of aryl methyl sites for hydroxylation is 1. The lowest BCUT2D eigenvalue weighted by Gasteiger charge is -2.12. The van der Waals surface area contributed by atoms with E-state index in [1.54, 1.807) is 13.0 Å². The highest BCUT2D eigenvalue weighted by atomic mass is 79.9. The van der Waals surface area contributed by atoms with E-state index in [1.165, 1.54) is 12.1 Å². The number of anilines is 2. The maximum absolute atomic E-state index is 13.3. The van der Waals surface area contributed by atoms with Gasteiger partial charge < -0.3 is 5.32 Å². The fraction of sp³-hybridized carbons (Fsp3) is 0.0833. The molecule has 0 aliphatic heterocycles. The first-order valence-electron chi connectivity index (χ1n) is 5.12. The number of aromatic nitrogens is 1. The topological polar surface area (TPSA) is 24.9 Å². The molecular weight excluding hydrogens is 377 g/mol. The summed E-state index contributed by atoms with van der Waals surface area (Å²) >= 11 is 20.8. The Morgan fingerprint density at radius 3 is 2.53 bits per heavy atom. The molecule has 0 unspecified atom stereocenters. The summed E-state index contributed by atoms with van der Waals surface area (Å²) in [5.74, 6) is 0.0221. The quantitative estimate of drug-likeness (QED) is 0.643. The summed E-state index contributed by atoms with van der Waals surface area (Å²) in [5, 5.41) is 3.74. The molecule has 19 heavy (non-hydrogen) atoms. The smallest absolute Gasteiger partial charge is 0.151 e. The molecule has 2 rings (SSSR count). The summed E-state index contributed by atoms with van der Waals surface area (Å²) in [4.78, 5) is 4.04. The van der Waals surface area contributed by atoms with Crippen LogP contribution in [0, 0.1) is 12.7 Å². The zero-order valence-electron chi connectivity index (χ0n) is 9.57. The van der Waals surface area contributed by atoms with Crippen molar-refractivity contribution in [3.8, 4) is 0 Å². The Balaban J connectivity index is 2.42. The van der Waals surface area contributed by atoms with E-state index in [4.69, 9.17) is 34.8 Å². The highest BCUT2D eigenvalue weighted by Crippen LogP contribution is 2.32. The second-order valence-electron chi connectivity index (χ2n) is 3.80. The van der Waals surface area contributed by atoms with Crippen LogP contribution < -0.4 is 5.32 Å². The third kappa shape index (κ3) is 3.31. The van der Waals surface area contributed by atoms with E-state index in [-0.39, 0.29) is 16.0 Å². The van der Waals surface area contributed by atoms with Gasteiger partial charge in [-0.1, -0.05) is 34.8 Å². The highest BCUT2D eigenvalue weighted by molar-refractivity contribution is 9.10. The van der Waals surface area contributed by atoms with Crippen molar-refractivity contribution in [1.82, 2.24) is 4.98 Å². The molecule has 1 heterocycles. The SMILES string of the molecule is Cc1cc(F)c(Br)cc1Nc1nc(Cl)c(Cl)cc1Cl. The average molecular weight is 384 g/mol. The van der Waals surface area contributed by atoms with E-state index >= 15 is 0 Å². The number of nitrogens with one attached hydrogen (secondary N) is 1. The maximum Gasteiger partial charge on any atom is 0.151 e. The summed E-state index contributed by atoms with van der Waals surface area (Å²) in [6.07, 6.45) is 0. The standard InChI is InChI=1S/C12H7BrCl3FN2/c1-5-2-9(17)6(13)3-10(5)18-12-8(15)4-7(14)11(16)19-12/h2-4H,1H3,(H,18,19). The van der Waals surface area contributed by atoms with Crippen molar-refractivity contribution < 1.29 is 4.39 Å². The molecule has 0 radical (unpaired) electrons. The Morgan fingerprint density at radius 2 is 1.84 bits per heavy atom. The number of pyridine rings is 1. The third-order valence-electron chi connectivity index (χ3n) is 2.41. The Bertz CT molecular complexity index is 594. The average Bonchev–Trinajstić information content (AvgIpc) is 2.32. The minimum absolute atomic E-state index is 0.146. The zero-order valence-corrected chi connectivity index (χ0v) is 13.4. The van der Waals surface area contributed by atoms with Gasteiger partial charge in [-0.05, 0) is 46.6 Å². The van der Waals surface area contributed by atoms with Crippen LogP contribution >= 0.6 is 50.7 Å². The second-order valence-corrected chi connectivity index (χ2v) is 5.82. The van der Waals surface area contributed by atoms with Gasteiger partial charge in [-0.2, -0.15) is 0 Å². The van der Waals surface area contributed by atoms with Crippen LogP contribution in [0.1, 0.15) is 5.56 Å². The van der Waals surface area contributed by atoms with Crippen molar-refractivity contribution in [2.45, 2.75) is 6.92 Å². The van der Waals surface area contributed by atoms with Crippen LogP contribution in [0.5, 0.6) is 0 Å². The normalized spacial score (nSPS) is 10.6. The summed E-state index contributed by atoms with van der Waals surface area (Å²) < 4.78 is 13.7. The van der Waals surface area contributed by atoms with Gasteiger partial charge in [0.2, 0.25) is 0 Å². The zero-order chi connectivity index (χ0) is 14.2. The van der Waals surface area contributed by atoms with Crippen LogP contribution in [0.2, 0.25) is 15.2 Å². The van der Waals surface area contributed by atoms with Gasteiger partial charge in [0.05, 0.1) is 14.5 Å². The molecule has 0 aliphatic carbocycles. The van der Waals surface area contributed by atoms with Gasteiger partial charge in [0.25, 0.3) is 0 Å². The second kappa shape index (κ2) is 5.83. The van der Waals surface area contributed by atoms with Crippen LogP contribution in [-0.2, 0) is 0 Å². The van der Waals surface area contributed by atoms with Crippen LogP contribution in [-0.4, -0.2) is 4.98 Å². The summed E-state index contributed by atoms with van der Waals surface area (Å²) in [5.41, 5.74) is 1.38. The molecule has 0 saturated heterocycles. The van der Waals surface area contributed by atoms with E-state index in [0.29, 0.717) is 26.6 Å². The minimum Gasteiger partial charge on any atom is -0.339 e. The van der Waals surface area contributed by atoms with Crippen molar-refractivity contribution in [2.75, 3.05) is 5.32 Å². The molecule has 7 heteroatoms. The van der Waals surface area contributed by atoms with Gasteiger partial charge in [-0.25, -0.2) is 9.37 Å². The lowest BCUT2D eigenvalue weighted by atomic mass is 10.2. The van der Waals surface area contributed by atoms with Gasteiger partial charge >= 0.3 is 0 Å². The fourth-order valence-corrected chi connectivity index (χ4v) is 2.33. The number of nitrogens with zero attached hydrogens (tertiary/aromatic N) is 1. The first-order chi connectivity index (χ1) is 8.88. The molecule has 0 fully saturated rings. The molecule has 0 amide bonds. The molecule has 0 bridgehead atoms. The number of halogens is 5. The van der Waals surface area contributed by atoms with E-state index < -0.39 is 0 Å². The van der Waals surface area contributed by atoms with Gasteiger partial charge in [-0.3, -0.25) is 0 Å². The number of hydrogen-bond acceptors (Lipinski definition) is 2. The Labute approximate surface area is 133 Å². The van der Waals surface area contributed by atoms with Crippen LogP contribution in [0.3, 0.4) is 0 Å². The Hall–Kier alpha value is -0.550. The predicted molar refractivity (Wildman–Crippen MR) is 81.4 cm³/mol. The van der Waals surface area contributed by atoms with E-state index in [1.807, 2.05) is 0 Å². The largest absolute Gasteiger partial charge is 0.339 e. The predicted octanol–water partition coefficient (Wildman–Crippen LogP) is 6.00. The van der Waals surface area contributed by atoms with Crippen molar-refractivity contribution in [1.29, 1.82) is 0 Å². The van der Waals surface area contributed by atoms with Gasteiger partial charge in [0.15, 0.2) is 5.82 Å². The first-order valence-corrected chi connectivity index (χ1v) is 7.05. The van der Waals surface area contributed by atoms with Gasteiger partial charge in [0, 0.05) is 5.69 Å². The van der Waals surface area contributed by atoms with Crippen LogP contribution in [0.15, 0.2) is 22.7 Å². The Morgan fingerprint density at radius 1 is 1.16 bits per heavy atom. The minimum atomic E-state index is -0.337. The highest BCUT2D eigenvalue weighted by Gasteiger charge is 2.11. The van der Waals surface area contributed by atoms with Gasteiger partial charge in [0.1, 0.15) is 11.0 Å². The molecule has 100 valence electrons. The van der Waals surface area contributed by atoms with E-state index in [9.17, 15) is 4.39 Å². The lowest BCUT2D eigenvalue weighted by Crippen LogP contribution is -1.98. The van der Waals surface area contributed by atoms with Crippen molar-refractivity contribution in [3.63, 3.8) is 0 Å². The van der Waals surface area contributed by atoms with Crippen LogP contribution in [0.25, 0.3) is 0 Å².